The number of likely N-dealkylation sites (N-methyl/N-ethyl adjacent to an activating group) is 1. The van der Waals surface area contributed by atoms with E-state index < -0.39 is 0 Å². The molecule has 1 aromatic rings. The van der Waals surface area contributed by atoms with Gasteiger partial charge in [0, 0.05) is 46.0 Å². The van der Waals surface area contributed by atoms with Crippen LogP contribution in [0.1, 0.15) is 12.5 Å². The van der Waals surface area contributed by atoms with Gasteiger partial charge in [0.25, 0.3) is 0 Å². The summed E-state index contributed by atoms with van der Waals surface area (Å²) in [6.45, 7) is 9.61. The Balaban J connectivity index is 2.27. The number of rotatable bonds is 11. The van der Waals surface area contributed by atoms with Crippen LogP contribution < -0.4 is 15.5 Å². The van der Waals surface area contributed by atoms with E-state index in [0.29, 0.717) is 19.8 Å². The summed E-state index contributed by atoms with van der Waals surface area (Å²) in [6, 6.07) is 8.59. The summed E-state index contributed by atoms with van der Waals surface area (Å²) < 4.78 is 10.4. The fourth-order valence-electron chi connectivity index (χ4n) is 2.31. The highest BCUT2D eigenvalue weighted by atomic mass is 16.5. The first-order valence-electron chi connectivity index (χ1n) is 8.54. The first-order valence-corrected chi connectivity index (χ1v) is 8.54. The molecule has 0 atom stereocenters. The highest BCUT2D eigenvalue weighted by Crippen LogP contribution is 2.14. The van der Waals surface area contributed by atoms with Crippen LogP contribution in [0.5, 0.6) is 0 Å². The van der Waals surface area contributed by atoms with E-state index in [1.165, 1.54) is 11.3 Å². The Morgan fingerprint density at radius 3 is 2.62 bits per heavy atom. The topological polar surface area (TPSA) is 58.1 Å². The Kier molecular flexibility index (Phi) is 10.6. The lowest BCUT2D eigenvalue weighted by Crippen LogP contribution is -2.42. The molecule has 0 saturated carbocycles. The Morgan fingerprint density at radius 2 is 1.96 bits per heavy atom. The summed E-state index contributed by atoms with van der Waals surface area (Å²) in [7, 11) is 3.45. The van der Waals surface area contributed by atoms with Crippen molar-refractivity contribution in [3.05, 3.63) is 29.8 Å². The van der Waals surface area contributed by atoms with Crippen LogP contribution in [0.25, 0.3) is 0 Å². The Labute approximate surface area is 146 Å². The summed E-state index contributed by atoms with van der Waals surface area (Å²) in [5.41, 5.74) is 2.54. The van der Waals surface area contributed by atoms with E-state index in [1.54, 1.807) is 14.2 Å². The molecule has 0 aliphatic carbocycles. The maximum Gasteiger partial charge on any atom is 0.191 e. The van der Waals surface area contributed by atoms with Crippen molar-refractivity contribution in [2.75, 3.05) is 65.1 Å². The van der Waals surface area contributed by atoms with E-state index in [2.05, 4.69) is 58.6 Å². The zero-order chi connectivity index (χ0) is 17.6. The molecule has 6 nitrogen and oxygen atoms in total. The van der Waals surface area contributed by atoms with E-state index in [4.69, 9.17) is 9.47 Å². The molecule has 0 fully saturated rings. The number of benzene rings is 1. The number of methoxy groups -OCH3 is 1. The van der Waals surface area contributed by atoms with Crippen molar-refractivity contribution in [2.45, 2.75) is 13.8 Å². The van der Waals surface area contributed by atoms with E-state index in [1.807, 2.05) is 0 Å². The zero-order valence-corrected chi connectivity index (χ0v) is 15.5. The van der Waals surface area contributed by atoms with Gasteiger partial charge in [-0.2, -0.15) is 0 Å². The van der Waals surface area contributed by atoms with Crippen molar-refractivity contribution in [1.82, 2.24) is 10.6 Å². The molecule has 0 spiro atoms. The van der Waals surface area contributed by atoms with E-state index in [9.17, 15) is 0 Å². The van der Waals surface area contributed by atoms with Gasteiger partial charge in [-0.25, -0.2) is 0 Å². The maximum absolute atomic E-state index is 5.42. The van der Waals surface area contributed by atoms with Gasteiger partial charge in [-0.3, -0.25) is 4.99 Å². The standard InChI is InChI=1S/C18H32N4O2/c1-5-22(17-8-6-7-16(2)15-17)11-9-20-18(19-3)21-10-12-24-14-13-23-4/h6-8,15H,5,9-14H2,1-4H3,(H2,19,20,21). The highest BCUT2D eigenvalue weighted by Gasteiger charge is 2.04. The lowest BCUT2D eigenvalue weighted by atomic mass is 10.2. The molecule has 24 heavy (non-hydrogen) atoms. The summed E-state index contributed by atoms with van der Waals surface area (Å²) in [6.07, 6.45) is 0. The van der Waals surface area contributed by atoms with Gasteiger partial charge in [0.05, 0.1) is 19.8 Å². The van der Waals surface area contributed by atoms with Gasteiger partial charge in [-0.1, -0.05) is 12.1 Å². The predicted octanol–water partition coefficient (Wildman–Crippen LogP) is 1.65. The molecule has 136 valence electrons. The third-order valence-corrected chi connectivity index (χ3v) is 3.62. The molecule has 0 aliphatic heterocycles. The van der Waals surface area contributed by atoms with Crippen LogP contribution in [-0.2, 0) is 9.47 Å². The van der Waals surface area contributed by atoms with E-state index in [0.717, 1.165) is 32.1 Å². The Morgan fingerprint density at radius 1 is 1.17 bits per heavy atom. The van der Waals surface area contributed by atoms with Crippen molar-refractivity contribution in [2.24, 2.45) is 4.99 Å². The Hall–Kier alpha value is -1.79. The molecule has 0 bridgehead atoms. The molecule has 0 amide bonds. The first-order chi connectivity index (χ1) is 11.7. The van der Waals surface area contributed by atoms with Gasteiger partial charge in [0.15, 0.2) is 5.96 Å². The number of guanidine groups is 1. The van der Waals surface area contributed by atoms with E-state index >= 15 is 0 Å². The minimum atomic E-state index is 0.617. The third kappa shape index (κ3) is 8.17. The van der Waals surface area contributed by atoms with Crippen LogP contribution in [0.3, 0.4) is 0 Å². The normalized spacial score (nSPS) is 11.4. The average Bonchev–Trinajstić information content (AvgIpc) is 2.59. The fourth-order valence-corrected chi connectivity index (χ4v) is 2.31. The number of anilines is 1. The van der Waals surface area contributed by atoms with Gasteiger partial charge in [0.1, 0.15) is 0 Å². The monoisotopic (exact) mass is 336 g/mol. The molecular formula is C18H32N4O2. The molecule has 1 rings (SSSR count). The number of aryl methyl sites for hydroxylation is 1. The molecule has 0 radical (unpaired) electrons. The van der Waals surface area contributed by atoms with Crippen molar-refractivity contribution < 1.29 is 9.47 Å². The van der Waals surface area contributed by atoms with Crippen LogP contribution >= 0.6 is 0 Å². The molecule has 0 heterocycles. The quantitative estimate of drug-likeness (QED) is 0.366. The largest absolute Gasteiger partial charge is 0.382 e. The van der Waals surface area contributed by atoms with Crippen molar-refractivity contribution in [1.29, 1.82) is 0 Å². The fraction of sp³-hybridized carbons (Fsp3) is 0.611. The second-order valence-electron chi connectivity index (χ2n) is 5.45. The SMILES string of the molecule is CCN(CCNC(=NC)NCCOCCOC)c1cccc(C)c1. The lowest BCUT2D eigenvalue weighted by Gasteiger charge is -2.24. The number of hydrogen-bond donors (Lipinski definition) is 2. The van der Waals surface area contributed by atoms with Gasteiger partial charge < -0.3 is 25.0 Å². The molecular weight excluding hydrogens is 304 g/mol. The summed E-state index contributed by atoms with van der Waals surface area (Å²) in [4.78, 5) is 6.58. The first kappa shape index (κ1) is 20.3. The van der Waals surface area contributed by atoms with Crippen molar-refractivity contribution >= 4 is 11.6 Å². The van der Waals surface area contributed by atoms with E-state index in [-0.39, 0.29) is 0 Å². The van der Waals surface area contributed by atoms with Crippen molar-refractivity contribution in [3.8, 4) is 0 Å². The second kappa shape index (κ2) is 12.6. The predicted molar refractivity (Wildman–Crippen MR) is 101 cm³/mol. The molecule has 2 N–H and O–H groups in total. The second-order valence-corrected chi connectivity index (χ2v) is 5.45. The van der Waals surface area contributed by atoms with Gasteiger partial charge in [0.2, 0.25) is 0 Å². The Bertz CT molecular complexity index is 480. The number of hydrogen-bond acceptors (Lipinski definition) is 4. The highest BCUT2D eigenvalue weighted by molar-refractivity contribution is 5.79. The van der Waals surface area contributed by atoms with Crippen LogP contribution in [-0.4, -0.2) is 66.1 Å². The number of aliphatic imine (C=N–C) groups is 1. The van der Waals surface area contributed by atoms with Gasteiger partial charge >= 0.3 is 0 Å². The molecule has 0 aliphatic rings. The van der Waals surface area contributed by atoms with Crippen LogP contribution in [0.15, 0.2) is 29.3 Å². The molecule has 6 heteroatoms. The van der Waals surface area contributed by atoms with Crippen LogP contribution in [0.2, 0.25) is 0 Å². The van der Waals surface area contributed by atoms with Crippen LogP contribution in [0, 0.1) is 6.92 Å². The molecule has 0 unspecified atom stereocenters. The van der Waals surface area contributed by atoms with Gasteiger partial charge in [-0.05, 0) is 31.5 Å². The number of nitrogens with zero attached hydrogens (tertiary/aromatic N) is 2. The third-order valence-electron chi connectivity index (χ3n) is 3.62. The minimum Gasteiger partial charge on any atom is -0.382 e. The lowest BCUT2D eigenvalue weighted by molar-refractivity contribution is 0.0733. The van der Waals surface area contributed by atoms with Crippen molar-refractivity contribution in [3.63, 3.8) is 0 Å². The molecule has 1 aromatic carbocycles. The smallest absolute Gasteiger partial charge is 0.191 e. The summed E-state index contributed by atoms with van der Waals surface area (Å²) in [5, 5.41) is 6.58. The van der Waals surface area contributed by atoms with Crippen LogP contribution in [0.4, 0.5) is 5.69 Å². The average molecular weight is 336 g/mol. The number of nitrogens with one attached hydrogen (secondary N) is 2. The number of ether oxygens (including phenoxy) is 2. The van der Waals surface area contributed by atoms with Gasteiger partial charge in [-0.15, -0.1) is 0 Å². The summed E-state index contributed by atoms with van der Waals surface area (Å²) >= 11 is 0. The molecule has 0 saturated heterocycles. The summed E-state index contributed by atoms with van der Waals surface area (Å²) in [5.74, 6) is 0.797. The maximum atomic E-state index is 5.42. The molecule has 0 aromatic heterocycles. The minimum absolute atomic E-state index is 0.617. The zero-order valence-electron chi connectivity index (χ0n) is 15.5.